The first-order valence-corrected chi connectivity index (χ1v) is 11.0. The molecule has 0 radical (unpaired) electrons. The van der Waals surface area contributed by atoms with E-state index in [2.05, 4.69) is 25.7 Å². The van der Waals surface area contributed by atoms with Gasteiger partial charge >= 0.3 is 12.1 Å². The Labute approximate surface area is 195 Å². The van der Waals surface area contributed by atoms with Crippen molar-refractivity contribution in [2.75, 3.05) is 17.2 Å². The lowest BCUT2D eigenvalue weighted by molar-refractivity contribution is 0.205. The molecule has 0 unspecified atom stereocenters. The molecular weight excluding hydrogens is 434 g/mol. The Hall–Kier alpha value is -4.47. The number of carboxylic acid groups (broad SMARTS) is 1. The number of fused-ring (bicyclic) bond motifs is 1. The number of nitrogens with one attached hydrogen (secondary N) is 2. The van der Waals surface area contributed by atoms with Crippen molar-refractivity contribution in [3.63, 3.8) is 0 Å². The summed E-state index contributed by atoms with van der Waals surface area (Å²) in [7, 11) is 0. The maximum Gasteiger partial charge on any atom is 0.410 e. The van der Waals surface area contributed by atoms with Crippen LogP contribution in [0.3, 0.4) is 0 Å². The van der Waals surface area contributed by atoms with E-state index in [-0.39, 0.29) is 17.9 Å². The minimum atomic E-state index is -1.19. The number of rotatable bonds is 7. The SMILES string of the molecule is O=C(O)Nc1cc(-c2ncn(CCN(C(=O)Nc3cccc4ccccc34)C3CC3)n2)ccn1. The van der Waals surface area contributed by atoms with Crippen molar-refractivity contribution in [3.05, 3.63) is 67.1 Å². The number of hydrogen-bond acceptors (Lipinski definition) is 5. The van der Waals surface area contributed by atoms with E-state index in [4.69, 9.17) is 5.11 Å². The third kappa shape index (κ3) is 4.80. The van der Waals surface area contributed by atoms with Crippen LogP contribution in [0.4, 0.5) is 21.1 Å². The Morgan fingerprint density at radius 2 is 1.88 bits per heavy atom. The van der Waals surface area contributed by atoms with E-state index in [0.717, 1.165) is 29.3 Å². The summed E-state index contributed by atoms with van der Waals surface area (Å²) in [5.74, 6) is 0.653. The normalized spacial score (nSPS) is 12.9. The molecule has 0 bridgehead atoms. The van der Waals surface area contributed by atoms with Crippen molar-refractivity contribution >= 4 is 34.4 Å². The zero-order valence-corrected chi connectivity index (χ0v) is 18.3. The lowest BCUT2D eigenvalue weighted by atomic mass is 10.1. The molecule has 4 aromatic rings. The van der Waals surface area contributed by atoms with Crippen LogP contribution < -0.4 is 10.6 Å². The second-order valence-electron chi connectivity index (χ2n) is 8.07. The molecule has 3 amide bonds. The van der Waals surface area contributed by atoms with E-state index in [0.29, 0.717) is 24.5 Å². The maximum atomic E-state index is 13.1. The van der Waals surface area contributed by atoms with Gasteiger partial charge in [0.1, 0.15) is 12.1 Å². The summed E-state index contributed by atoms with van der Waals surface area (Å²) in [6.07, 6.45) is 3.89. The van der Waals surface area contributed by atoms with Crippen LogP contribution in [-0.2, 0) is 6.54 Å². The highest BCUT2D eigenvalue weighted by Crippen LogP contribution is 2.29. The number of anilines is 2. The largest absolute Gasteiger partial charge is 0.465 e. The molecule has 1 aliphatic rings. The smallest absolute Gasteiger partial charge is 0.410 e. The van der Waals surface area contributed by atoms with E-state index < -0.39 is 6.09 Å². The molecule has 5 rings (SSSR count). The third-order valence-electron chi connectivity index (χ3n) is 5.64. The van der Waals surface area contributed by atoms with Crippen LogP contribution in [0.1, 0.15) is 12.8 Å². The monoisotopic (exact) mass is 457 g/mol. The molecule has 1 saturated carbocycles. The van der Waals surface area contributed by atoms with Crippen LogP contribution in [0.5, 0.6) is 0 Å². The minimum absolute atomic E-state index is 0.127. The molecule has 2 aromatic heterocycles. The highest BCUT2D eigenvalue weighted by atomic mass is 16.4. The van der Waals surface area contributed by atoms with Crippen molar-refractivity contribution < 1.29 is 14.7 Å². The summed E-state index contributed by atoms with van der Waals surface area (Å²) in [6.45, 7) is 0.976. The average Bonchev–Trinajstić information content (AvgIpc) is 3.55. The van der Waals surface area contributed by atoms with Crippen molar-refractivity contribution in [1.29, 1.82) is 0 Å². The molecule has 0 atom stereocenters. The van der Waals surface area contributed by atoms with Crippen LogP contribution in [-0.4, -0.2) is 54.5 Å². The number of hydrogen-bond donors (Lipinski definition) is 3. The van der Waals surface area contributed by atoms with Crippen LogP contribution in [0.25, 0.3) is 22.2 Å². The topological polar surface area (TPSA) is 125 Å². The first-order valence-electron chi connectivity index (χ1n) is 11.0. The summed E-state index contributed by atoms with van der Waals surface area (Å²) in [5, 5.41) is 20.7. The van der Waals surface area contributed by atoms with Crippen molar-refractivity contribution in [2.45, 2.75) is 25.4 Å². The van der Waals surface area contributed by atoms with Gasteiger partial charge in [-0.05, 0) is 36.4 Å². The Morgan fingerprint density at radius 3 is 2.71 bits per heavy atom. The van der Waals surface area contributed by atoms with Gasteiger partial charge in [-0.2, -0.15) is 5.10 Å². The van der Waals surface area contributed by atoms with Gasteiger partial charge in [0, 0.05) is 29.7 Å². The molecule has 0 spiro atoms. The number of urea groups is 1. The Balaban J connectivity index is 1.26. The second kappa shape index (κ2) is 9.18. The zero-order valence-electron chi connectivity index (χ0n) is 18.3. The van der Waals surface area contributed by atoms with Gasteiger partial charge in [-0.15, -0.1) is 0 Å². The van der Waals surface area contributed by atoms with Crippen LogP contribution >= 0.6 is 0 Å². The molecule has 2 heterocycles. The minimum Gasteiger partial charge on any atom is -0.465 e. The molecule has 0 aliphatic heterocycles. The number of aromatic nitrogens is 4. The van der Waals surface area contributed by atoms with Gasteiger partial charge in [0.2, 0.25) is 0 Å². The molecule has 0 saturated heterocycles. The molecule has 34 heavy (non-hydrogen) atoms. The van der Waals surface area contributed by atoms with Crippen LogP contribution in [0, 0.1) is 0 Å². The van der Waals surface area contributed by atoms with Gasteiger partial charge in [0.05, 0.1) is 12.2 Å². The zero-order chi connectivity index (χ0) is 23.5. The van der Waals surface area contributed by atoms with Gasteiger partial charge in [0.25, 0.3) is 0 Å². The standard InChI is InChI=1S/C24H23N7O3/c32-23(27-20-7-3-5-16-4-1-2-6-19(16)20)31(18-8-9-18)13-12-30-15-26-22(29-30)17-10-11-25-21(14-17)28-24(33)34/h1-7,10-11,14-15,18H,8-9,12-13H2,(H,25,28)(H,27,32)(H,33,34). The lowest BCUT2D eigenvalue weighted by Gasteiger charge is -2.23. The quantitative estimate of drug-likeness (QED) is 0.380. The van der Waals surface area contributed by atoms with E-state index >= 15 is 0 Å². The number of nitrogens with zero attached hydrogens (tertiary/aromatic N) is 5. The third-order valence-corrected chi connectivity index (χ3v) is 5.64. The highest BCUT2D eigenvalue weighted by molar-refractivity contribution is 6.01. The number of carbonyl (C=O) groups is 2. The molecular formula is C24H23N7O3. The molecule has 1 aliphatic carbocycles. The van der Waals surface area contributed by atoms with E-state index in [9.17, 15) is 9.59 Å². The Bertz CT molecular complexity index is 1340. The van der Waals surface area contributed by atoms with Crippen molar-refractivity contribution in [2.24, 2.45) is 0 Å². The van der Waals surface area contributed by atoms with E-state index in [1.54, 1.807) is 23.1 Å². The highest BCUT2D eigenvalue weighted by Gasteiger charge is 2.32. The summed E-state index contributed by atoms with van der Waals surface area (Å²) >= 11 is 0. The Kier molecular flexibility index (Phi) is 5.77. The van der Waals surface area contributed by atoms with Crippen molar-refractivity contribution in [3.8, 4) is 11.4 Å². The number of benzene rings is 2. The summed E-state index contributed by atoms with van der Waals surface area (Å²) in [6, 6.07) is 17.2. The molecule has 10 nitrogen and oxygen atoms in total. The number of amides is 3. The van der Waals surface area contributed by atoms with Gasteiger partial charge in [-0.25, -0.2) is 19.6 Å². The van der Waals surface area contributed by atoms with Gasteiger partial charge in [-0.3, -0.25) is 10.00 Å². The van der Waals surface area contributed by atoms with Gasteiger partial charge < -0.3 is 15.3 Å². The summed E-state index contributed by atoms with van der Waals surface area (Å²) in [5.41, 5.74) is 1.44. The van der Waals surface area contributed by atoms with Crippen LogP contribution in [0.2, 0.25) is 0 Å². The van der Waals surface area contributed by atoms with E-state index in [1.165, 1.54) is 6.20 Å². The van der Waals surface area contributed by atoms with Gasteiger partial charge in [-0.1, -0.05) is 36.4 Å². The predicted molar refractivity (Wildman–Crippen MR) is 128 cm³/mol. The fourth-order valence-electron chi connectivity index (χ4n) is 3.85. The first kappa shape index (κ1) is 21.4. The molecule has 172 valence electrons. The van der Waals surface area contributed by atoms with Crippen LogP contribution in [0.15, 0.2) is 67.1 Å². The second-order valence-corrected chi connectivity index (χ2v) is 8.07. The summed E-state index contributed by atoms with van der Waals surface area (Å²) in [4.78, 5) is 34.1. The predicted octanol–water partition coefficient (Wildman–Crippen LogP) is 4.28. The first-order chi connectivity index (χ1) is 16.6. The number of pyridine rings is 1. The van der Waals surface area contributed by atoms with Crippen molar-refractivity contribution in [1.82, 2.24) is 24.6 Å². The molecule has 2 aromatic carbocycles. The van der Waals surface area contributed by atoms with E-state index in [1.807, 2.05) is 47.4 Å². The fraction of sp³-hybridized carbons (Fsp3) is 0.208. The molecule has 1 fully saturated rings. The molecule has 10 heteroatoms. The van der Waals surface area contributed by atoms with Gasteiger partial charge in [0.15, 0.2) is 5.82 Å². The Morgan fingerprint density at radius 1 is 1.06 bits per heavy atom. The molecule has 3 N–H and O–H groups in total. The summed E-state index contributed by atoms with van der Waals surface area (Å²) < 4.78 is 1.68. The number of carbonyl (C=O) groups excluding carboxylic acids is 1. The average molecular weight is 457 g/mol. The lowest BCUT2D eigenvalue weighted by Crippen LogP contribution is -2.39. The fourth-order valence-corrected chi connectivity index (χ4v) is 3.85. The maximum absolute atomic E-state index is 13.1.